The molecule has 0 radical (unpaired) electrons. The van der Waals surface area contributed by atoms with E-state index in [1.165, 1.54) is 12.3 Å². The third-order valence-electron chi connectivity index (χ3n) is 3.86. The number of aliphatic hydroxyl groups excluding tert-OH is 1. The van der Waals surface area contributed by atoms with Gasteiger partial charge < -0.3 is 24.6 Å². The predicted molar refractivity (Wildman–Crippen MR) is 101 cm³/mol. The van der Waals surface area contributed by atoms with Gasteiger partial charge in [0.1, 0.15) is 17.5 Å². The molecule has 27 heavy (non-hydrogen) atoms. The van der Waals surface area contributed by atoms with Gasteiger partial charge in [-0.2, -0.15) is 4.98 Å². The van der Waals surface area contributed by atoms with Crippen LogP contribution in [0.4, 0.5) is 10.2 Å². The number of alkyl halides is 2. The summed E-state index contributed by atoms with van der Waals surface area (Å²) in [5.74, 6) is -0.519. The van der Waals surface area contributed by atoms with Gasteiger partial charge in [-0.3, -0.25) is 4.57 Å². The van der Waals surface area contributed by atoms with Crippen molar-refractivity contribution >= 4 is 35.6 Å². The molecule has 9 nitrogen and oxygen atoms in total. The van der Waals surface area contributed by atoms with Crippen LogP contribution in [0.2, 0.25) is 0 Å². The molecule has 2 rings (SSSR count). The quantitative estimate of drug-likeness (QED) is 0.433. The van der Waals surface area contributed by atoms with Crippen LogP contribution in [0.15, 0.2) is 17.1 Å². The van der Waals surface area contributed by atoms with Crippen LogP contribution in [0.5, 0.6) is 0 Å². The van der Waals surface area contributed by atoms with Crippen molar-refractivity contribution < 1.29 is 27.8 Å². The summed E-state index contributed by atoms with van der Waals surface area (Å²) in [5.41, 5.74) is 2.99. The monoisotopic (exact) mass is 445 g/mol. The maximum Gasteiger partial charge on any atom is 0.389 e. The predicted octanol–water partition coefficient (Wildman–Crippen LogP) is 1.95. The Bertz CT molecular complexity index is 748. The molecule has 1 aromatic rings. The first-order chi connectivity index (χ1) is 12.7. The minimum Gasteiger partial charge on any atom is -0.387 e. The molecule has 0 spiro atoms. The fraction of sp³-hybridized carbons (Fsp3) is 0.714. The van der Waals surface area contributed by atoms with Crippen LogP contribution in [0.25, 0.3) is 0 Å². The Hall–Kier alpha value is -0.680. The fourth-order valence-electron chi connectivity index (χ4n) is 2.54. The van der Waals surface area contributed by atoms with E-state index in [1.807, 2.05) is 0 Å². The molecular formula is C14H22ClFN3O6PS. The van der Waals surface area contributed by atoms with Gasteiger partial charge in [-0.1, -0.05) is 0 Å². The standard InChI is InChI=1S/C14H22ClFN3O6PS/c1-3-23-26(22,24-4-2)27-8-14(7-15)11(20)10(16)12(25-14)19-6-5-9(17)18-13(19)21/h5-6,10-12,20H,3-4,7-8H2,1-2H3,(H2,17,18,21)/t10-,11+,12-,14-/m1/s1. The van der Waals surface area contributed by atoms with Gasteiger partial charge in [0.15, 0.2) is 12.4 Å². The van der Waals surface area contributed by atoms with Crippen molar-refractivity contribution in [2.75, 3.05) is 30.6 Å². The Morgan fingerprint density at radius 1 is 1.52 bits per heavy atom. The lowest BCUT2D eigenvalue weighted by molar-refractivity contribution is -0.0756. The van der Waals surface area contributed by atoms with Crippen LogP contribution < -0.4 is 11.4 Å². The van der Waals surface area contributed by atoms with E-state index >= 15 is 0 Å². The number of nitrogens with two attached hydrogens (primary N) is 1. The van der Waals surface area contributed by atoms with Crippen LogP contribution in [0, 0.1) is 0 Å². The van der Waals surface area contributed by atoms with Crippen molar-refractivity contribution in [1.82, 2.24) is 9.55 Å². The molecule has 154 valence electrons. The molecule has 0 aromatic carbocycles. The van der Waals surface area contributed by atoms with Gasteiger partial charge in [-0.25, -0.2) is 13.8 Å². The van der Waals surface area contributed by atoms with Crippen molar-refractivity contribution in [2.45, 2.75) is 38.0 Å². The molecule has 13 heteroatoms. The van der Waals surface area contributed by atoms with Crippen molar-refractivity contribution in [2.24, 2.45) is 0 Å². The number of aromatic nitrogens is 2. The molecule has 1 saturated heterocycles. The fourth-order valence-corrected chi connectivity index (χ4v) is 6.75. The Morgan fingerprint density at radius 3 is 2.67 bits per heavy atom. The molecule has 3 N–H and O–H groups in total. The summed E-state index contributed by atoms with van der Waals surface area (Å²) in [7, 11) is 0. The van der Waals surface area contributed by atoms with Gasteiger partial charge in [0.05, 0.1) is 19.1 Å². The zero-order valence-electron chi connectivity index (χ0n) is 14.8. The minimum absolute atomic E-state index is 0.0290. The highest BCUT2D eigenvalue weighted by Crippen LogP contribution is 2.62. The number of hydrogen-bond donors (Lipinski definition) is 2. The largest absolute Gasteiger partial charge is 0.389 e. The Labute approximate surface area is 164 Å². The summed E-state index contributed by atoms with van der Waals surface area (Å²) >= 11 is 6.72. The number of anilines is 1. The molecule has 0 saturated carbocycles. The zero-order valence-corrected chi connectivity index (χ0v) is 17.3. The maximum atomic E-state index is 14.8. The van der Waals surface area contributed by atoms with E-state index in [2.05, 4.69) is 4.98 Å². The van der Waals surface area contributed by atoms with E-state index in [1.54, 1.807) is 13.8 Å². The second kappa shape index (κ2) is 9.21. The average Bonchev–Trinajstić information content (AvgIpc) is 2.86. The summed E-state index contributed by atoms with van der Waals surface area (Å²) in [4.78, 5) is 15.5. The number of aliphatic hydroxyl groups is 1. The van der Waals surface area contributed by atoms with Crippen LogP contribution in [-0.2, 0) is 18.3 Å². The van der Waals surface area contributed by atoms with E-state index in [0.29, 0.717) is 0 Å². The van der Waals surface area contributed by atoms with Crippen LogP contribution in [-0.4, -0.2) is 57.4 Å². The molecular weight excluding hydrogens is 424 g/mol. The van der Waals surface area contributed by atoms with Crippen molar-refractivity contribution in [3.8, 4) is 0 Å². The summed E-state index contributed by atoms with van der Waals surface area (Å²) < 4.78 is 44.2. The summed E-state index contributed by atoms with van der Waals surface area (Å²) in [6.45, 7) is 0.0509. The minimum atomic E-state index is -3.53. The lowest BCUT2D eigenvalue weighted by Crippen LogP contribution is -2.46. The zero-order chi connectivity index (χ0) is 20.2. The van der Waals surface area contributed by atoms with E-state index in [0.717, 1.165) is 15.9 Å². The second-order valence-electron chi connectivity index (χ2n) is 5.69. The highest BCUT2D eigenvalue weighted by molar-refractivity contribution is 8.55. The summed E-state index contributed by atoms with van der Waals surface area (Å²) in [6.07, 6.45) is -3.88. The third kappa shape index (κ3) is 4.84. The van der Waals surface area contributed by atoms with Gasteiger partial charge in [0.2, 0.25) is 0 Å². The first-order valence-corrected chi connectivity index (χ1v) is 11.8. The SMILES string of the molecule is CCOP(=O)(OCC)SC[C@@]1(CCl)O[C@@H](n2ccc(N)nc2=O)[C@H](F)[C@@H]1O. The molecule has 1 fully saturated rings. The lowest BCUT2D eigenvalue weighted by atomic mass is 10.0. The van der Waals surface area contributed by atoms with Crippen molar-refractivity contribution in [1.29, 1.82) is 0 Å². The first kappa shape index (κ1) is 22.6. The number of ether oxygens (including phenoxy) is 1. The second-order valence-corrected chi connectivity index (χ2v) is 10.0. The number of nitrogens with zero attached hydrogens (tertiary/aromatic N) is 2. The van der Waals surface area contributed by atoms with Crippen LogP contribution in [0.1, 0.15) is 20.1 Å². The molecule has 0 unspecified atom stereocenters. The third-order valence-corrected chi connectivity index (χ3v) is 8.37. The van der Waals surface area contributed by atoms with E-state index in [4.69, 9.17) is 31.1 Å². The lowest BCUT2D eigenvalue weighted by Gasteiger charge is -2.30. The van der Waals surface area contributed by atoms with Gasteiger partial charge in [-0.15, -0.1) is 11.6 Å². The smallest absolute Gasteiger partial charge is 0.387 e. The van der Waals surface area contributed by atoms with Gasteiger partial charge in [0.25, 0.3) is 0 Å². The maximum absolute atomic E-state index is 14.8. The normalized spacial score (nSPS) is 28.6. The molecule has 2 heterocycles. The Kier molecular flexibility index (Phi) is 7.71. The van der Waals surface area contributed by atoms with Gasteiger partial charge in [-0.05, 0) is 31.3 Å². The van der Waals surface area contributed by atoms with E-state index in [-0.39, 0.29) is 30.7 Å². The van der Waals surface area contributed by atoms with E-state index in [9.17, 15) is 18.9 Å². The topological polar surface area (TPSA) is 126 Å². The number of nitrogen functional groups attached to an aromatic ring is 1. The molecule has 1 aromatic heterocycles. The van der Waals surface area contributed by atoms with Crippen LogP contribution >= 0.6 is 29.8 Å². The highest BCUT2D eigenvalue weighted by atomic mass is 35.5. The average molecular weight is 446 g/mol. The highest BCUT2D eigenvalue weighted by Gasteiger charge is 2.56. The van der Waals surface area contributed by atoms with Crippen molar-refractivity contribution in [3.63, 3.8) is 0 Å². The summed E-state index contributed by atoms with van der Waals surface area (Å²) in [6, 6.07) is 1.30. The van der Waals surface area contributed by atoms with Gasteiger partial charge in [0, 0.05) is 11.9 Å². The summed E-state index contributed by atoms with van der Waals surface area (Å²) in [5, 5.41) is 10.4. The van der Waals surface area contributed by atoms with Crippen LogP contribution in [0.3, 0.4) is 0 Å². The molecule has 0 bridgehead atoms. The van der Waals surface area contributed by atoms with Gasteiger partial charge >= 0.3 is 12.5 Å². The molecule has 0 amide bonds. The number of hydrogen-bond acceptors (Lipinski definition) is 9. The van der Waals surface area contributed by atoms with Crippen molar-refractivity contribution in [3.05, 3.63) is 22.7 Å². The Morgan fingerprint density at radius 2 is 2.15 bits per heavy atom. The molecule has 1 aliphatic rings. The van der Waals surface area contributed by atoms with E-state index < -0.39 is 36.6 Å². The number of halogens is 2. The molecule has 0 aliphatic carbocycles. The first-order valence-electron chi connectivity index (χ1n) is 8.16. The molecule has 1 aliphatic heterocycles. The molecule has 4 atom stereocenters. The number of rotatable bonds is 9. The Balaban J connectivity index is 2.26.